The lowest BCUT2D eigenvalue weighted by Crippen LogP contribution is -2.38. The highest BCUT2D eigenvalue weighted by molar-refractivity contribution is 7.92. The lowest BCUT2D eigenvalue weighted by Gasteiger charge is -2.25. The van der Waals surface area contributed by atoms with Crippen LogP contribution < -0.4 is 19.5 Å². The number of amides is 1. The fourth-order valence-electron chi connectivity index (χ4n) is 2.55. The van der Waals surface area contributed by atoms with Crippen molar-refractivity contribution in [3.63, 3.8) is 0 Å². The molecular weight excluding hydrogens is 344 g/mol. The number of benzene rings is 2. The fourth-order valence-corrected chi connectivity index (χ4v) is 3.99. The molecule has 2 aromatic rings. The Morgan fingerprint density at radius 3 is 2.52 bits per heavy atom. The van der Waals surface area contributed by atoms with E-state index in [1.54, 1.807) is 24.3 Å². The molecule has 0 aromatic heterocycles. The minimum Gasteiger partial charge on any atom is -0.486 e. The lowest BCUT2D eigenvalue weighted by atomic mass is 10.2. The number of carbonyl (C=O) groups is 1. The molecule has 8 heteroatoms. The highest BCUT2D eigenvalue weighted by atomic mass is 32.2. The van der Waals surface area contributed by atoms with Gasteiger partial charge >= 0.3 is 0 Å². The van der Waals surface area contributed by atoms with E-state index >= 15 is 0 Å². The van der Waals surface area contributed by atoms with Crippen LogP contribution in [0.1, 0.15) is 5.56 Å². The first-order valence-electron chi connectivity index (χ1n) is 7.65. The molecule has 2 aromatic carbocycles. The number of carbonyl (C=O) groups excluding carboxylic acids is 1. The van der Waals surface area contributed by atoms with Crippen LogP contribution in [0.2, 0.25) is 0 Å². The first-order chi connectivity index (χ1) is 11.9. The molecule has 2 N–H and O–H groups in total. The Bertz CT molecular complexity index is 911. The number of primary amides is 1. The average Bonchev–Trinajstić information content (AvgIpc) is 2.59. The first kappa shape index (κ1) is 17.1. The second kappa shape index (κ2) is 6.64. The van der Waals surface area contributed by atoms with E-state index in [1.165, 1.54) is 12.1 Å². The van der Waals surface area contributed by atoms with Crippen LogP contribution in [-0.4, -0.2) is 34.1 Å². The van der Waals surface area contributed by atoms with Gasteiger partial charge in [0, 0.05) is 6.07 Å². The Balaban J connectivity index is 2.06. The maximum absolute atomic E-state index is 13.1. The number of fused-ring (bicyclic) bond motifs is 1. The second-order valence-corrected chi connectivity index (χ2v) is 7.48. The normalized spacial score (nSPS) is 13.3. The minimum absolute atomic E-state index is 0.000457. The van der Waals surface area contributed by atoms with Gasteiger partial charge in [-0.1, -0.05) is 12.1 Å². The molecule has 0 unspecified atom stereocenters. The standard InChI is InChI=1S/C17H18N2O5S/c1-12-3-2-4-13(9-12)19(11-17(18)20)25(21,22)14-5-6-15-16(10-14)24-8-7-23-15/h2-6,9-10H,7-8,11H2,1H3,(H2,18,20). The molecule has 1 heterocycles. The third-order valence-corrected chi connectivity index (χ3v) is 5.46. The van der Waals surface area contributed by atoms with Gasteiger partial charge in [0.05, 0.1) is 10.6 Å². The van der Waals surface area contributed by atoms with Crippen molar-refractivity contribution < 1.29 is 22.7 Å². The Morgan fingerprint density at radius 1 is 1.12 bits per heavy atom. The van der Waals surface area contributed by atoms with Gasteiger partial charge in [-0.05, 0) is 36.8 Å². The summed E-state index contributed by atoms with van der Waals surface area (Å²) < 4.78 is 38.0. The van der Waals surface area contributed by atoms with Crippen LogP contribution >= 0.6 is 0 Å². The summed E-state index contributed by atoms with van der Waals surface area (Å²) in [5, 5.41) is 0. The largest absolute Gasteiger partial charge is 0.486 e. The number of nitrogens with zero attached hydrogens (tertiary/aromatic N) is 1. The summed E-state index contributed by atoms with van der Waals surface area (Å²) in [4.78, 5) is 11.4. The molecule has 132 valence electrons. The summed E-state index contributed by atoms with van der Waals surface area (Å²) in [5.41, 5.74) is 6.50. The Kier molecular flexibility index (Phi) is 4.54. The molecule has 0 radical (unpaired) electrons. The predicted molar refractivity (Wildman–Crippen MR) is 92.3 cm³/mol. The van der Waals surface area contributed by atoms with Gasteiger partial charge in [0.25, 0.3) is 10.0 Å². The molecule has 0 saturated heterocycles. The summed E-state index contributed by atoms with van der Waals surface area (Å²) in [7, 11) is -4.00. The van der Waals surface area contributed by atoms with Crippen LogP contribution in [0.5, 0.6) is 11.5 Å². The van der Waals surface area contributed by atoms with Crippen LogP contribution in [0.25, 0.3) is 0 Å². The summed E-state index contributed by atoms with van der Waals surface area (Å²) in [6, 6.07) is 11.2. The zero-order valence-corrected chi connectivity index (χ0v) is 14.5. The lowest BCUT2D eigenvalue weighted by molar-refractivity contribution is -0.116. The Labute approximate surface area is 146 Å². The molecule has 1 aliphatic rings. The van der Waals surface area contributed by atoms with E-state index in [9.17, 15) is 13.2 Å². The molecule has 0 bridgehead atoms. The number of ether oxygens (including phenoxy) is 2. The molecule has 7 nitrogen and oxygen atoms in total. The van der Waals surface area contributed by atoms with E-state index in [4.69, 9.17) is 15.2 Å². The van der Waals surface area contributed by atoms with Crippen molar-refractivity contribution in [2.24, 2.45) is 5.73 Å². The topological polar surface area (TPSA) is 98.9 Å². The monoisotopic (exact) mass is 362 g/mol. The minimum atomic E-state index is -4.00. The molecule has 3 rings (SSSR count). The van der Waals surface area contributed by atoms with Gasteiger partial charge in [0.1, 0.15) is 19.8 Å². The van der Waals surface area contributed by atoms with E-state index in [0.717, 1.165) is 9.87 Å². The van der Waals surface area contributed by atoms with Gasteiger partial charge in [-0.15, -0.1) is 0 Å². The van der Waals surface area contributed by atoms with E-state index < -0.39 is 22.5 Å². The number of anilines is 1. The van der Waals surface area contributed by atoms with Gasteiger partial charge < -0.3 is 15.2 Å². The average molecular weight is 362 g/mol. The van der Waals surface area contributed by atoms with Crippen molar-refractivity contribution in [3.8, 4) is 11.5 Å². The third kappa shape index (κ3) is 3.53. The van der Waals surface area contributed by atoms with E-state index in [-0.39, 0.29) is 4.90 Å². The van der Waals surface area contributed by atoms with Gasteiger partial charge in [0.2, 0.25) is 5.91 Å². The highest BCUT2D eigenvalue weighted by Crippen LogP contribution is 2.34. The number of sulfonamides is 1. The van der Waals surface area contributed by atoms with E-state index in [1.807, 2.05) is 13.0 Å². The molecular formula is C17H18N2O5S. The van der Waals surface area contributed by atoms with Crippen LogP contribution in [-0.2, 0) is 14.8 Å². The fraction of sp³-hybridized carbons (Fsp3) is 0.235. The van der Waals surface area contributed by atoms with Crippen molar-refractivity contribution in [1.82, 2.24) is 0 Å². The van der Waals surface area contributed by atoms with Crippen molar-refractivity contribution in [1.29, 1.82) is 0 Å². The molecule has 0 atom stereocenters. The second-order valence-electron chi connectivity index (χ2n) is 5.62. The number of aryl methyl sites for hydroxylation is 1. The van der Waals surface area contributed by atoms with Crippen molar-refractivity contribution >= 4 is 21.6 Å². The van der Waals surface area contributed by atoms with Gasteiger partial charge in [-0.2, -0.15) is 0 Å². The molecule has 1 aliphatic heterocycles. The van der Waals surface area contributed by atoms with Gasteiger partial charge in [-0.25, -0.2) is 8.42 Å². The van der Waals surface area contributed by atoms with Gasteiger partial charge in [-0.3, -0.25) is 9.10 Å². The number of hydrogen-bond donors (Lipinski definition) is 1. The third-order valence-electron chi connectivity index (χ3n) is 3.69. The molecule has 0 fully saturated rings. The molecule has 0 saturated carbocycles. The summed E-state index contributed by atoms with van der Waals surface area (Å²) in [6.07, 6.45) is 0. The number of hydrogen-bond acceptors (Lipinski definition) is 5. The van der Waals surface area contributed by atoms with Gasteiger partial charge in [0.15, 0.2) is 11.5 Å². The van der Waals surface area contributed by atoms with E-state index in [0.29, 0.717) is 30.4 Å². The van der Waals surface area contributed by atoms with Crippen LogP contribution in [0, 0.1) is 6.92 Å². The Hall–Kier alpha value is -2.74. The van der Waals surface area contributed by atoms with Crippen molar-refractivity contribution in [2.45, 2.75) is 11.8 Å². The first-order valence-corrected chi connectivity index (χ1v) is 9.09. The maximum atomic E-state index is 13.1. The molecule has 25 heavy (non-hydrogen) atoms. The van der Waals surface area contributed by atoms with Crippen LogP contribution in [0.4, 0.5) is 5.69 Å². The van der Waals surface area contributed by atoms with Crippen molar-refractivity contribution in [3.05, 3.63) is 48.0 Å². The molecule has 1 amide bonds. The zero-order valence-electron chi connectivity index (χ0n) is 13.6. The summed E-state index contributed by atoms with van der Waals surface area (Å²) in [6.45, 7) is 2.14. The number of rotatable bonds is 5. The van der Waals surface area contributed by atoms with Crippen LogP contribution in [0.15, 0.2) is 47.4 Å². The SMILES string of the molecule is Cc1cccc(N(CC(N)=O)S(=O)(=O)c2ccc3c(c2)OCCO3)c1. The van der Waals surface area contributed by atoms with E-state index in [2.05, 4.69) is 0 Å². The predicted octanol–water partition coefficient (Wildman–Crippen LogP) is 1.45. The number of nitrogens with two attached hydrogens (primary N) is 1. The summed E-state index contributed by atoms with van der Waals surface area (Å²) >= 11 is 0. The molecule has 0 aliphatic carbocycles. The highest BCUT2D eigenvalue weighted by Gasteiger charge is 2.28. The maximum Gasteiger partial charge on any atom is 0.264 e. The van der Waals surface area contributed by atoms with Crippen molar-refractivity contribution in [2.75, 3.05) is 24.1 Å². The Morgan fingerprint density at radius 2 is 1.84 bits per heavy atom. The smallest absolute Gasteiger partial charge is 0.264 e. The summed E-state index contributed by atoms with van der Waals surface area (Å²) in [5.74, 6) is 0.0976. The van der Waals surface area contributed by atoms with Crippen LogP contribution in [0.3, 0.4) is 0 Å². The quantitative estimate of drug-likeness (QED) is 0.868. The molecule has 0 spiro atoms. The zero-order chi connectivity index (χ0) is 18.0.